The second-order valence-corrected chi connectivity index (χ2v) is 3.04. The van der Waals surface area contributed by atoms with Crippen LogP contribution in [0.4, 0.5) is 0 Å². The van der Waals surface area contributed by atoms with Gasteiger partial charge in [0.1, 0.15) is 0 Å². The fourth-order valence-corrected chi connectivity index (χ4v) is 0.682. The van der Waals surface area contributed by atoms with E-state index in [1.54, 1.807) is 19.0 Å². The maximum atomic E-state index is 11.3. The molecule has 0 aliphatic carbocycles. The van der Waals surface area contributed by atoms with Crippen LogP contribution in [-0.2, 0) is 9.53 Å². The molecule has 0 rings (SSSR count). The average Bonchev–Trinajstić information content (AvgIpc) is 2.03. The molecule has 0 bridgehead atoms. The lowest BCUT2D eigenvalue weighted by Gasteiger charge is -2.17. The molecule has 0 saturated heterocycles. The van der Waals surface area contributed by atoms with E-state index in [2.05, 4.69) is 0 Å². The topological polar surface area (TPSA) is 32.8 Å². The minimum absolute atomic E-state index is 0.0721. The molecule has 4 nitrogen and oxygen atoms in total. The zero-order chi connectivity index (χ0) is 10.4. The van der Waals surface area contributed by atoms with Crippen molar-refractivity contribution in [1.29, 1.82) is 0 Å². The summed E-state index contributed by atoms with van der Waals surface area (Å²) in [6, 6.07) is 0. The molecule has 0 aliphatic heterocycles. The van der Waals surface area contributed by atoms with Crippen molar-refractivity contribution in [2.45, 2.75) is 6.92 Å². The van der Waals surface area contributed by atoms with Crippen LogP contribution in [0.1, 0.15) is 6.92 Å². The Morgan fingerprint density at radius 2 is 1.77 bits per heavy atom. The van der Waals surface area contributed by atoms with Crippen molar-refractivity contribution in [3.05, 3.63) is 12.0 Å². The summed E-state index contributed by atoms with van der Waals surface area (Å²) in [5.74, 6) is 0.512. The summed E-state index contributed by atoms with van der Waals surface area (Å²) in [5.41, 5.74) is 0. The summed E-state index contributed by atoms with van der Waals surface area (Å²) >= 11 is 0. The zero-order valence-electron chi connectivity index (χ0n) is 9.00. The molecule has 0 aromatic carbocycles. The molecule has 0 atom stereocenters. The number of carbonyl (C=O) groups is 1. The molecule has 1 amide bonds. The first kappa shape index (κ1) is 11.8. The van der Waals surface area contributed by atoms with Gasteiger partial charge in [-0.25, -0.2) is 0 Å². The van der Waals surface area contributed by atoms with Crippen LogP contribution in [0, 0.1) is 0 Å². The highest BCUT2D eigenvalue weighted by Gasteiger charge is 2.05. The van der Waals surface area contributed by atoms with Crippen molar-refractivity contribution in [2.75, 3.05) is 34.8 Å². The average molecular weight is 186 g/mol. The van der Waals surface area contributed by atoms with Crippen LogP contribution in [0.15, 0.2) is 12.0 Å². The first-order chi connectivity index (χ1) is 5.99. The summed E-state index contributed by atoms with van der Waals surface area (Å²) in [4.78, 5) is 14.5. The van der Waals surface area contributed by atoms with E-state index in [0.717, 1.165) is 0 Å². The molecule has 0 aromatic rings. The van der Waals surface area contributed by atoms with E-state index in [1.165, 1.54) is 11.0 Å². The molecule has 4 heteroatoms. The van der Waals surface area contributed by atoms with E-state index in [1.807, 2.05) is 21.0 Å². The Morgan fingerprint density at radius 1 is 1.23 bits per heavy atom. The Kier molecular flexibility index (Phi) is 4.96. The maximum absolute atomic E-state index is 11.3. The molecule has 0 fully saturated rings. The van der Waals surface area contributed by atoms with Crippen molar-refractivity contribution in [1.82, 2.24) is 9.80 Å². The summed E-state index contributed by atoms with van der Waals surface area (Å²) in [5, 5.41) is 0. The van der Waals surface area contributed by atoms with Crippen LogP contribution in [-0.4, -0.2) is 50.5 Å². The van der Waals surface area contributed by atoms with Crippen LogP contribution in [0.2, 0.25) is 0 Å². The molecular formula is C9H18N2O2. The van der Waals surface area contributed by atoms with Gasteiger partial charge in [0.2, 0.25) is 0 Å². The Labute approximate surface area is 79.8 Å². The van der Waals surface area contributed by atoms with Gasteiger partial charge in [0.05, 0.1) is 12.7 Å². The lowest BCUT2D eigenvalue weighted by Crippen LogP contribution is -2.23. The van der Waals surface area contributed by atoms with Crippen molar-refractivity contribution < 1.29 is 9.53 Å². The van der Waals surface area contributed by atoms with Gasteiger partial charge in [0, 0.05) is 28.2 Å². The van der Waals surface area contributed by atoms with Crippen LogP contribution in [0.25, 0.3) is 0 Å². The Bertz CT molecular complexity index is 198. The predicted octanol–water partition coefficient (Wildman–Crippen LogP) is 0.514. The minimum Gasteiger partial charge on any atom is -0.479 e. The molecule has 0 aromatic heterocycles. The second-order valence-electron chi connectivity index (χ2n) is 3.04. The SMILES string of the molecule is CCO/C(=C/C(=O)N(C)C)N(C)C. The lowest BCUT2D eigenvalue weighted by atomic mass is 10.5. The van der Waals surface area contributed by atoms with E-state index in [0.29, 0.717) is 12.5 Å². The molecule has 0 saturated carbocycles. The van der Waals surface area contributed by atoms with Gasteiger partial charge in [-0.3, -0.25) is 4.79 Å². The highest BCUT2D eigenvalue weighted by Crippen LogP contribution is 2.01. The number of hydrogen-bond acceptors (Lipinski definition) is 3. The Hall–Kier alpha value is -1.19. The minimum atomic E-state index is -0.0721. The monoisotopic (exact) mass is 186 g/mol. The molecular weight excluding hydrogens is 168 g/mol. The third-order valence-corrected chi connectivity index (χ3v) is 1.42. The van der Waals surface area contributed by atoms with E-state index in [9.17, 15) is 4.79 Å². The summed E-state index contributed by atoms with van der Waals surface area (Å²) in [6.07, 6.45) is 1.48. The van der Waals surface area contributed by atoms with Gasteiger partial charge in [0.25, 0.3) is 5.91 Å². The number of rotatable bonds is 4. The summed E-state index contributed by atoms with van der Waals surface area (Å²) in [6.45, 7) is 2.45. The first-order valence-corrected chi connectivity index (χ1v) is 4.22. The largest absolute Gasteiger partial charge is 0.479 e. The standard InChI is InChI=1S/C9H18N2O2/c1-6-13-9(11(4)5)7-8(12)10(2)3/h7H,6H2,1-5H3/b9-7+. The first-order valence-electron chi connectivity index (χ1n) is 4.22. The number of likely N-dealkylation sites (N-methyl/N-ethyl adjacent to an activating group) is 1. The molecule has 0 spiro atoms. The number of carbonyl (C=O) groups excluding carboxylic acids is 1. The van der Waals surface area contributed by atoms with Gasteiger partial charge in [0.15, 0.2) is 5.88 Å². The normalized spacial score (nSPS) is 11.0. The van der Waals surface area contributed by atoms with E-state index < -0.39 is 0 Å². The fourth-order valence-electron chi connectivity index (χ4n) is 0.682. The van der Waals surface area contributed by atoms with Gasteiger partial charge in [-0.05, 0) is 6.92 Å². The van der Waals surface area contributed by atoms with Crippen molar-refractivity contribution >= 4 is 5.91 Å². The quantitative estimate of drug-likeness (QED) is 0.474. The van der Waals surface area contributed by atoms with Gasteiger partial charge < -0.3 is 14.5 Å². The van der Waals surface area contributed by atoms with Gasteiger partial charge in [-0.2, -0.15) is 0 Å². The lowest BCUT2D eigenvalue weighted by molar-refractivity contribution is -0.124. The number of hydrogen-bond donors (Lipinski definition) is 0. The van der Waals surface area contributed by atoms with Gasteiger partial charge >= 0.3 is 0 Å². The van der Waals surface area contributed by atoms with E-state index in [4.69, 9.17) is 4.74 Å². The van der Waals surface area contributed by atoms with Crippen LogP contribution >= 0.6 is 0 Å². The van der Waals surface area contributed by atoms with Crippen molar-refractivity contribution in [2.24, 2.45) is 0 Å². The number of amides is 1. The second kappa shape index (κ2) is 5.45. The summed E-state index contributed by atoms with van der Waals surface area (Å²) in [7, 11) is 7.09. The smallest absolute Gasteiger partial charge is 0.251 e. The summed E-state index contributed by atoms with van der Waals surface area (Å²) < 4.78 is 5.26. The van der Waals surface area contributed by atoms with Crippen molar-refractivity contribution in [3.63, 3.8) is 0 Å². The van der Waals surface area contributed by atoms with Crippen LogP contribution < -0.4 is 0 Å². The van der Waals surface area contributed by atoms with E-state index in [-0.39, 0.29) is 5.91 Å². The molecule has 0 aliphatic rings. The highest BCUT2D eigenvalue weighted by molar-refractivity contribution is 5.87. The molecule has 0 radical (unpaired) electrons. The fraction of sp³-hybridized carbons (Fsp3) is 0.667. The molecule has 0 N–H and O–H groups in total. The molecule has 0 heterocycles. The van der Waals surface area contributed by atoms with Crippen LogP contribution in [0.3, 0.4) is 0 Å². The van der Waals surface area contributed by atoms with Crippen LogP contribution in [0.5, 0.6) is 0 Å². The Balaban J connectivity index is 4.43. The molecule has 76 valence electrons. The predicted molar refractivity (Wildman–Crippen MR) is 52.1 cm³/mol. The Morgan fingerprint density at radius 3 is 2.08 bits per heavy atom. The number of nitrogens with zero attached hydrogens (tertiary/aromatic N) is 2. The highest BCUT2D eigenvalue weighted by atomic mass is 16.5. The van der Waals surface area contributed by atoms with Gasteiger partial charge in [-0.15, -0.1) is 0 Å². The van der Waals surface area contributed by atoms with Gasteiger partial charge in [-0.1, -0.05) is 0 Å². The third-order valence-electron chi connectivity index (χ3n) is 1.42. The molecule has 0 unspecified atom stereocenters. The van der Waals surface area contributed by atoms with E-state index >= 15 is 0 Å². The zero-order valence-corrected chi connectivity index (χ0v) is 9.00. The molecule has 13 heavy (non-hydrogen) atoms. The maximum Gasteiger partial charge on any atom is 0.251 e. The number of ether oxygens (including phenoxy) is 1. The van der Waals surface area contributed by atoms with Crippen molar-refractivity contribution in [3.8, 4) is 0 Å². The third kappa shape index (κ3) is 4.40.